The molecule has 1 aromatic rings. The van der Waals surface area contributed by atoms with Crippen LogP contribution in [0.5, 0.6) is 0 Å². The minimum Gasteiger partial charge on any atom is -0.539 e. The van der Waals surface area contributed by atoms with E-state index in [0.29, 0.717) is 0 Å². The summed E-state index contributed by atoms with van der Waals surface area (Å²) in [5.41, 5.74) is -0.414. The average Bonchev–Trinajstić information content (AvgIpc) is 2.03. The zero-order valence-corrected chi connectivity index (χ0v) is 6.81. The van der Waals surface area contributed by atoms with Gasteiger partial charge in [-0.2, -0.15) is 4.57 Å². The zero-order valence-electron chi connectivity index (χ0n) is 6.81. The Morgan fingerprint density at radius 3 is 1.85 bits per heavy atom. The largest absolute Gasteiger partial charge is 0.539 e. The molecular formula is C8H6NO4-. The van der Waals surface area contributed by atoms with E-state index >= 15 is 0 Å². The molecule has 13 heavy (non-hydrogen) atoms. The van der Waals surface area contributed by atoms with Gasteiger partial charge in [0.1, 0.15) is 19.0 Å². The summed E-state index contributed by atoms with van der Waals surface area (Å²) in [5, 5.41) is 20.9. The van der Waals surface area contributed by atoms with Crippen molar-refractivity contribution in [3.8, 4) is 0 Å². The number of nitrogens with zero attached hydrogens (tertiary/aromatic N) is 1. The number of rotatable bonds is 2. The third kappa shape index (κ3) is 1.64. The standard InChI is InChI=1S/C8H7NO4/c1-9-5(7(10)11)3-2-4-6(9)8(12)13/h2-4H,1H3,(H-,10,11,12,13)/p-1. The molecule has 0 atom stereocenters. The molecule has 0 saturated carbocycles. The summed E-state index contributed by atoms with van der Waals surface area (Å²) >= 11 is 0. The van der Waals surface area contributed by atoms with E-state index in [4.69, 9.17) is 0 Å². The maximum absolute atomic E-state index is 10.5. The van der Waals surface area contributed by atoms with Gasteiger partial charge in [0.2, 0.25) is 11.4 Å². The van der Waals surface area contributed by atoms with Gasteiger partial charge in [0, 0.05) is 12.1 Å². The SMILES string of the molecule is C[n+]1c(C(=O)[O-])cccc1C(=O)[O-]. The number of carboxylic acids is 2. The van der Waals surface area contributed by atoms with E-state index in [1.54, 1.807) is 0 Å². The first-order valence-corrected chi connectivity index (χ1v) is 3.45. The molecule has 0 aliphatic carbocycles. The third-order valence-electron chi connectivity index (χ3n) is 1.65. The van der Waals surface area contributed by atoms with Crippen LogP contribution in [0.1, 0.15) is 21.0 Å². The smallest absolute Gasteiger partial charge is 0.228 e. The van der Waals surface area contributed by atoms with Gasteiger partial charge in [0.15, 0.2) is 0 Å². The van der Waals surface area contributed by atoms with Crippen molar-refractivity contribution in [2.24, 2.45) is 7.05 Å². The van der Waals surface area contributed by atoms with Gasteiger partial charge in [0.25, 0.3) is 0 Å². The number of aromatic nitrogens is 1. The van der Waals surface area contributed by atoms with Gasteiger partial charge in [-0.05, 0) is 6.07 Å². The summed E-state index contributed by atoms with van der Waals surface area (Å²) < 4.78 is 0.991. The second kappa shape index (κ2) is 3.22. The molecule has 0 aliphatic rings. The summed E-state index contributed by atoms with van der Waals surface area (Å²) in [7, 11) is 1.32. The number of aromatic carboxylic acids is 2. The quantitative estimate of drug-likeness (QED) is 0.461. The molecule has 5 heteroatoms. The highest BCUT2D eigenvalue weighted by Gasteiger charge is 2.13. The molecule has 0 radical (unpaired) electrons. The van der Waals surface area contributed by atoms with Crippen LogP contribution in [0.2, 0.25) is 0 Å². The number of hydrogen-bond donors (Lipinski definition) is 0. The van der Waals surface area contributed by atoms with Gasteiger partial charge in [-0.25, -0.2) is 0 Å². The van der Waals surface area contributed by atoms with E-state index in [1.807, 2.05) is 0 Å². The molecular weight excluding hydrogens is 174 g/mol. The maximum atomic E-state index is 10.5. The summed E-state index contributed by atoms with van der Waals surface area (Å²) in [6, 6.07) is 3.82. The molecule has 0 fully saturated rings. The highest BCUT2D eigenvalue weighted by molar-refractivity contribution is 5.84. The van der Waals surface area contributed by atoms with Crippen molar-refractivity contribution in [3.63, 3.8) is 0 Å². The minimum atomic E-state index is -1.43. The number of hydrogen-bond acceptors (Lipinski definition) is 4. The van der Waals surface area contributed by atoms with Crippen molar-refractivity contribution in [2.75, 3.05) is 0 Å². The predicted octanol–water partition coefficient (Wildman–Crippen LogP) is -2.76. The maximum Gasteiger partial charge on any atom is 0.228 e. The Bertz CT molecular complexity index is 340. The fraction of sp³-hybridized carbons (Fsp3) is 0.125. The molecule has 0 aliphatic heterocycles. The van der Waals surface area contributed by atoms with Crippen molar-refractivity contribution in [1.29, 1.82) is 0 Å². The van der Waals surface area contributed by atoms with E-state index in [2.05, 4.69) is 0 Å². The Labute approximate surface area is 73.9 Å². The van der Waals surface area contributed by atoms with Crippen molar-refractivity contribution in [1.82, 2.24) is 0 Å². The lowest BCUT2D eigenvalue weighted by molar-refractivity contribution is -0.680. The Morgan fingerprint density at radius 1 is 1.15 bits per heavy atom. The molecule has 1 aromatic heterocycles. The summed E-state index contributed by atoms with van der Waals surface area (Å²) in [5.74, 6) is -2.85. The predicted molar refractivity (Wildman–Crippen MR) is 36.3 cm³/mol. The highest BCUT2D eigenvalue weighted by atomic mass is 16.4. The van der Waals surface area contributed by atoms with Crippen LogP contribution in [-0.2, 0) is 7.05 Å². The summed E-state index contributed by atoms with van der Waals surface area (Å²) in [6.45, 7) is 0. The third-order valence-corrected chi connectivity index (χ3v) is 1.65. The lowest BCUT2D eigenvalue weighted by Crippen LogP contribution is -2.48. The lowest BCUT2D eigenvalue weighted by Gasteiger charge is -2.05. The van der Waals surface area contributed by atoms with Gasteiger partial charge in [-0.1, -0.05) is 0 Å². The first-order valence-electron chi connectivity index (χ1n) is 3.45. The van der Waals surface area contributed by atoms with E-state index in [0.717, 1.165) is 4.57 Å². The van der Waals surface area contributed by atoms with Crippen LogP contribution < -0.4 is 14.8 Å². The van der Waals surface area contributed by atoms with Crippen LogP contribution in [0.25, 0.3) is 0 Å². The zero-order chi connectivity index (χ0) is 10.0. The number of carboxylic acid groups (broad SMARTS) is 2. The number of carbonyl (C=O) groups is 2. The lowest BCUT2D eigenvalue weighted by atomic mass is 10.3. The first-order chi connectivity index (χ1) is 6.04. The molecule has 0 amide bonds. The first kappa shape index (κ1) is 9.18. The molecule has 1 rings (SSSR count). The van der Waals surface area contributed by atoms with Crippen LogP contribution in [0.15, 0.2) is 18.2 Å². The summed E-state index contributed by atoms with van der Waals surface area (Å²) in [4.78, 5) is 20.9. The van der Waals surface area contributed by atoms with Crippen molar-refractivity contribution < 1.29 is 24.4 Å². The second-order valence-corrected chi connectivity index (χ2v) is 2.43. The van der Waals surface area contributed by atoms with Gasteiger partial charge < -0.3 is 19.8 Å². The Hall–Kier alpha value is -1.91. The highest BCUT2D eigenvalue weighted by Crippen LogP contribution is 1.93. The van der Waals surface area contributed by atoms with Crippen LogP contribution in [0.3, 0.4) is 0 Å². The molecule has 68 valence electrons. The molecule has 0 spiro atoms. The Kier molecular flexibility index (Phi) is 2.27. The van der Waals surface area contributed by atoms with E-state index in [-0.39, 0.29) is 11.4 Å². The Morgan fingerprint density at radius 2 is 1.54 bits per heavy atom. The molecule has 5 nitrogen and oxygen atoms in total. The van der Waals surface area contributed by atoms with Crippen LogP contribution in [-0.4, -0.2) is 11.9 Å². The van der Waals surface area contributed by atoms with Crippen molar-refractivity contribution in [3.05, 3.63) is 29.6 Å². The number of carbonyl (C=O) groups excluding carboxylic acids is 2. The van der Waals surface area contributed by atoms with Gasteiger partial charge in [-0.15, -0.1) is 0 Å². The normalized spacial score (nSPS) is 9.62. The fourth-order valence-corrected chi connectivity index (χ4v) is 0.994. The van der Waals surface area contributed by atoms with E-state index in [1.165, 1.54) is 25.2 Å². The minimum absolute atomic E-state index is 0.207. The topological polar surface area (TPSA) is 84.1 Å². The van der Waals surface area contributed by atoms with Crippen molar-refractivity contribution in [2.45, 2.75) is 0 Å². The molecule has 0 saturated heterocycles. The molecule has 0 N–H and O–H groups in total. The van der Waals surface area contributed by atoms with Crippen molar-refractivity contribution >= 4 is 11.9 Å². The monoisotopic (exact) mass is 180 g/mol. The van der Waals surface area contributed by atoms with E-state index < -0.39 is 11.9 Å². The molecule has 0 unspecified atom stereocenters. The average molecular weight is 180 g/mol. The van der Waals surface area contributed by atoms with Crippen LogP contribution in [0, 0.1) is 0 Å². The Balaban J connectivity index is 3.35. The fourth-order valence-electron chi connectivity index (χ4n) is 0.994. The van der Waals surface area contributed by atoms with Gasteiger partial charge >= 0.3 is 0 Å². The second-order valence-electron chi connectivity index (χ2n) is 2.43. The molecule has 1 heterocycles. The van der Waals surface area contributed by atoms with Gasteiger partial charge in [-0.3, -0.25) is 0 Å². The van der Waals surface area contributed by atoms with E-state index in [9.17, 15) is 19.8 Å². The number of pyridine rings is 1. The van der Waals surface area contributed by atoms with Gasteiger partial charge in [0.05, 0.1) is 0 Å². The molecule has 0 aromatic carbocycles. The molecule has 0 bridgehead atoms. The van der Waals surface area contributed by atoms with Crippen LogP contribution >= 0.6 is 0 Å². The summed E-state index contributed by atoms with van der Waals surface area (Å²) in [6.07, 6.45) is 0. The van der Waals surface area contributed by atoms with Crippen LogP contribution in [0.4, 0.5) is 0 Å².